The number of benzene rings is 2. The zero-order valence-corrected chi connectivity index (χ0v) is 22.3. The number of aryl methyl sites for hydroxylation is 1. The second-order valence-corrected chi connectivity index (χ2v) is 12.1. The lowest BCUT2D eigenvalue weighted by atomic mass is 9.87. The van der Waals surface area contributed by atoms with E-state index in [0.717, 1.165) is 16.9 Å². The minimum Gasteiger partial charge on any atom is -0.464 e. The van der Waals surface area contributed by atoms with Crippen molar-refractivity contribution in [3.8, 4) is 0 Å². The fraction of sp³-hybridized carbons (Fsp3) is 0.393. The number of nitrogens with zero attached hydrogens (tertiary/aromatic N) is 2. The van der Waals surface area contributed by atoms with Gasteiger partial charge in [0.25, 0.3) is 0 Å². The maximum atomic E-state index is 13.5. The van der Waals surface area contributed by atoms with Crippen molar-refractivity contribution >= 4 is 15.9 Å². The van der Waals surface area contributed by atoms with E-state index in [9.17, 15) is 13.2 Å². The van der Waals surface area contributed by atoms with Crippen LogP contribution in [0.1, 0.15) is 57.3 Å². The first kappa shape index (κ1) is 26.7. The average Bonchev–Trinajstić information content (AvgIpc) is 3.21. The van der Waals surface area contributed by atoms with Gasteiger partial charge in [0.15, 0.2) is 0 Å². The highest BCUT2D eigenvalue weighted by atomic mass is 32.2. The normalized spacial score (nSPS) is 12.3. The molecule has 0 saturated heterocycles. The van der Waals surface area contributed by atoms with E-state index >= 15 is 0 Å². The quantitative estimate of drug-likeness (QED) is 0.391. The van der Waals surface area contributed by atoms with Gasteiger partial charge >= 0.3 is 0 Å². The largest absolute Gasteiger partial charge is 0.464 e. The lowest BCUT2D eigenvalue weighted by Crippen LogP contribution is -2.45. The van der Waals surface area contributed by atoms with Gasteiger partial charge in [0.2, 0.25) is 15.9 Å². The molecule has 0 radical (unpaired) electrons. The maximum absolute atomic E-state index is 13.5. The monoisotopic (exact) mass is 496 g/mol. The summed E-state index contributed by atoms with van der Waals surface area (Å²) >= 11 is 0. The summed E-state index contributed by atoms with van der Waals surface area (Å²) in [5, 5.41) is 0. The van der Waals surface area contributed by atoms with E-state index in [1.165, 1.54) is 4.31 Å². The smallest absolute Gasteiger partial charge is 0.243 e. The minimum atomic E-state index is -3.87. The van der Waals surface area contributed by atoms with Crippen molar-refractivity contribution in [1.82, 2.24) is 9.21 Å². The van der Waals surface area contributed by atoms with E-state index < -0.39 is 16.1 Å². The standard InChI is InChI=1S/C28H36N2O4S/c1-21(2)30(35(32,33)26-16-13-24(14-17-26)28(4,5)6)20-27(31)29(18-23-10-8-7-9-11-23)19-25-15-12-22(3)34-25/h7-17,21H,18-20H2,1-6H3. The molecule has 6 nitrogen and oxygen atoms in total. The van der Waals surface area contributed by atoms with Crippen LogP contribution in [0.5, 0.6) is 0 Å². The van der Waals surface area contributed by atoms with Crippen molar-refractivity contribution < 1.29 is 17.6 Å². The van der Waals surface area contributed by atoms with Crippen LogP contribution in [0, 0.1) is 6.92 Å². The third-order valence-electron chi connectivity index (χ3n) is 5.91. The van der Waals surface area contributed by atoms with Crippen LogP contribution in [0.3, 0.4) is 0 Å². The SMILES string of the molecule is Cc1ccc(CN(Cc2ccccc2)C(=O)CN(C(C)C)S(=O)(=O)c2ccc(C(C)(C)C)cc2)o1. The minimum absolute atomic E-state index is 0.0852. The number of carbonyl (C=O) groups excluding carboxylic acids is 1. The molecule has 3 aromatic rings. The van der Waals surface area contributed by atoms with Crippen LogP contribution < -0.4 is 0 Å². The molecule has 0 saturated carbocycles. The van der Waals surface area contributed by atoms with Crippen LogP contribution in [0.25, 0.3) is 0 Å². The van der Waals surface area contributed by atoms with Crippen LogP contribution in [0.2, 0.25) is 0 Å². The van der Waals surface area contributed by atoms with Gasteiger partial charge in [0.1, 0.15) is 11.5 Å². The van der Waals surface area contributed by atoms with Gasteiger partial charge in [-0.3, -0.25) is 4.79 Å². The highest BCUT2D eigenvalue weighted by Crippen LogP contribution is 2.25. The van der Waals surface area contributed by atoms with E-state index in [2.05, 4.69) is 20.8 Å². The molecule has 0 aliphatic heterocycles. The van der Waals surface area contributed by atoms with Crippen molar-refractivity contribution in [3.63, 3.8) is 0 Å². The third-order valence-corrected chi connectivity index (χ3v) is 7.94. The van der Waals surface area contributed by atoms with E-state index in [1.54, 1.807) is 30.9 Å². The lowest BCUT2D eigenvalue weighted by Gasteiger charge is -2.29. The van der Waals surface area contributed by atoms with Gasteiger partial charge in [0, 0.05) is 12.6 Å². The van der Waals surface area contributed by atoms with Crippen LogP contribution in [-0.2, 0) is 33.3 Å². The fourth-order valence-corrected chi connectivity index (χ4v) is 5.42. The molecule has 7 heteroatoms. The van der Waals surface area contributed by atoms with Gasteiger partial charge in [-0.2, -0.15) is 4.31 Å². The number of amides is 1. The summed E-state index contributed by atoms with van der Waals surface area (Å²) < 4.78 is 34.1. The second-order valence-electron chi connectivity index (χ2n) is 10.2. The zero-order chi connectivity index (χ0) is 25.8. The number of carbonyl (C=O) groups is 1. The summed E-state index contributed by atoms with van der Waals surface area (Å²) in [5.74, 6) is 1.13. The van der Waals surface area contributed by atoms with Crippen molar-refractivity contribution in [2.75, 3.05) is 6.54 Å². The number of rotatable bonds is 9. The zero-order valence-electron chi connectivity index (χ0n) is 21.5. The second kappa shape index (κ2) is 10.8. The van der Waals surface area contributed by atoms with Crippen LogP contribution >= 0.6 is 0 Å². The van der Waals surface area contributed by atoms with Gasteiger partial charge in [-0.25, -0.2) is 8.42 Å². The first-order valence-corrected chi connectivity index (χ1v) is 13.3. The Morgan fingerprint density at radius 1 is 0.914 bits per heavy atom. The van der Waals surface area contributed by atoms with E-state index in [0.29, 0.717) is 12.3 Å². The molecule has 0 spiro atoms. The van der Waals surface area contributed by atoms with Gasteiger partial charge in [-0.05, 0) is 61.6 Å². The summed E-state index contributed by atoms with van der Waals surface area (Å²) in [6.07, 6.45) is 0. The predicted octanol–water partition coefficient (Wildman–Crippen LogP) is 5.51. The first-order valence-electron chi connectivity index (χ1n) is 11.9. The van der Waals surface area contributed by atoms with Gasteiger partial charge in [-0.15, -0.1) is 0 Å². The Morgan fingerprint density at radius 2 is 1.54 bits per heavy atom. The summed E-state index contributed by atoms with van der Waals surface area (Å²) in [6, 6.07) is 19.9. The van der Waals surface area contributed by atoms with Crippen LogP contribution in [0.4, 0.5) is 0 Å². The molecular formula is C28H36N2O4S. The molecule has 35 heavy (non-hydrogen) atoms. The summed E-state index contributed by atoms with van der Waals surface area (Å²) in [6.45, 7) is 12.0. The Balaban J connectivity index is 1.87. The topological polar surface area (TPSA) is 70.8 Å². The Kier molecular flexibility index (Phi) is 8.23. The molecule has 188 valence electrons. The summed E-state index contributed by atoms with van der Waals surface area (Å²) in [7, 11) is -3.87. The molecule has 2 aromatic carbocycles. The number of furan rings is 1. The van der Waals surface area contributed by atoms with E-state index in [4.69, 9.17) is 4.42 Å². The van der Waals surface area contributed by atoms with Crippen molar-refractivity contribution in [3.05, 3.63) is 89.4 Å². The Morgan fingerprint density at radius 3 is 2.06 bits per heavy atom. The molecule has 0 bridgehead atoms. The van der Waals surface area contributed by atoms with Crippen molar-refractivity contribution in [2.24, 2.45) is 0 Å². The Labute approximate surface area is 209 Å². The molecular weight excluding hydrogens is 460 g/mol. The Hall–Kier alpha value is -2.90. The lowest BCUT2D eigenvalue weighted by molar-refractivity contribution is -0.133. The number of sulfonamides is 1. The number of hydrogen-bond donors (Lipinski definition) is 0. The summed E-state index contributed by atoms with van der Waals surface area (Å²) in [5.41, 5.74) is 1.92. The Bertz CT molecular complexity index is 1220. The molecule has 0 unspecified atom stereocenters. The van der Waals surface area contributed by atoms with Crippen LogP contribution in [-0.4, -0.2) is 36.1 Å². The molecule has 1 amide bonds. The van der Waals surface area contributed by atoms with Gasteiger partial charge < -0.3 is 9.32 Å². The van der Waals surface area contributed by atoms with Crippen molar-refractivity contribution in [1.29, 1.82) is 0 Å². The van der Waals surface area contributed by atoms with E-state index in [1.807, 2.05) is 61.5 Å². The highest BCUT2D eigenvalue weighted by Gasteiger charge is 2.31. The molecule has 0 N–H and O–H groups in total. The maximum Gasteiger partial charge on any atom is 0.243 e. The van der Waals surface area contributed by atoms with Gasteiger partial charge in [0.05, 0.1) is 18.0 Å². The molecule has 0 aliphatic rings. The van der Waals surface area contributed by atoms with Crippen LogP contribution in [0.15, 0.2) is 76.0 Å². The molecule has 0 aliphatic carbocycles. The predicted molar refractivity (Wildman–Crippen MR) is 138 cm³/mol. The fourth-order valence-electron chi connectivity index (χ4n) is 3.83. The molecule has 0 atom stereocenters. The first-order chi connectivity index (χ1) is 16.4. The number of hydrogen-bond acceptors (Lipinski definition) is 4. The van der Waals surface area contributed by atoms with Gasteiger partial charge in [-0.1, -0.05) is 63.2 Å². The molecule has 3 rings (SSSR count). The summed E-state index contributed by atoms with van der Waals surface area (Å²) in [4.78, 5) is 15.3. The highest BCUT2D eigenvalue weighted by molar-refractivity contribution is 7.89. The van der Waals surface area contributed by atoms with Crippen molar-refractivity contribution in [2.45, 2.75) is 71.0 Å². The molecule has 0 fully saturated rings. The third kappa shape index (κ3) is 6.83. The van der Waals surface area contributed by atoms with E-state index in [-0.39, 0.29) is 29.3 Å². The molecule has 1 heterocycles. The molecule has 1 aromatic heterocycles. The average molecular weight is 497 g/mol.